The van der Waals surface area contributed by atoms with E-state index in [0.29, 0.717) is 38.0 Å². The van der Waals surface area contributed by atoms with E-state index in [4.69, 9.17) is 4.74 Å². The van der Waals surface area contributed by atoms with Crippen LogP contribution in [0.2, 0.25) is 0 Å². The fourth-order valence-corrected chi connectivity index (χ4v) is 4.46. The Kier molecular flexibility index (Phi) is 6.22. The van der Waals surface area contributed by atoms with Gasteiger partial charge in [0.05, 0.1) is 18.9 Å². The van der Waals surface area contributed by atoms with E-state index in [1.165, 1.54) is 19.3 Å². The zero-order valence-corrected chi connectivity index (χ0v) is 17.5. The molecule has 0 radical (unpaired) electrons. The standard InChI is InChI=1S/C22H30N4O4/c1-25(16-6-3-2-4-7-16)20(28)8-5-11-30-17-9-10-18-15(12-17)13-26-19(14-27)21(29)24-22(26)23-18/h9-10,12,16,19,27H,2-8,11,13-14H2,1H3,(H,23,24,29). The molecule has 8 heteroatoms. The molecule has 0 bridgehead atoms. The first-order valence-electron chi connectivity index (χ1n) is 10.9. The topological polar surface area (TPSA) is 94.5 Å². The van der Waals surface area contributed by atoms with Gasteiger partial charge in [0.2, 0.25) is 11.9 Å². The molecular formula is C22H30N4O4. The number of aliphatic imine (C=N–C) groups is 1. The summed E-state index contributed by atoms with van der Waals surface area (Å²) in [7, 11) is 1.93. The Morgan fingerprint density at radius 2 is 2.13 bits per heavy atom. The third-order valence-corrected chi connectivity index (χ3v) is 6.30. The Morgan fingerprint density at radius 3 is 2.90 bits per heavy atom. The molecule has 1 saturated carbocycles. The quantitative estimate of drug-likeness (QED) is 0.665. The smallest absolute Gasteiger partial charge is 0.251 e. The van der Waals surface area contributed by atoms with Gasteiger partial charge in [-0.2, -0.15) is 0 Å². The average Bonchev–Trinajstić information content (AvgIpc) is 3.08. The van der Waals surface area contributed by atoms with Crippen LogP contribution in [0.4, 0.5) is 5.69 Å². The highest BCUT2D eigenvalue weighted by atomic mass is 16.5. The number of benzene rings is 1. The van der Waals surface area contributed by atoms with Gasteiger partial charge in [0.25, 0.3) is 5.91 Å². The number of carbonyl (C=O) groups excluding carboxylic acids is 2. The Labute approximate surface area is 176 Å². The summed E-state index contributed by atoms with van der Waals surface area (Å²) in [6, 6.07) is 5.44. The molecular weight excluding hydrogens is 384 g/mol. The zero-order chi connectivity index (χ0) is 21.1. The highest BCUT2D eigenvalue weighted by Gasteiger charge is 2.38. The molecule has 2 aliphatic heterocycles. The van der Waals surface area contributed by atoms with Gasteiger partial charge in [-0.1, -0.05) is 19.3 Å². The molecule has 1 saturated heterocycles. The number of fused-ring (bicyclic) bond motifs is 2. The maximum atomic E-state index is 12.4. The Morgan fingerprint density at radius 1 is 1.33 bits per heavy atom. The first-order valence-corrected chi connectivity index (χ1v) is 10.9. The molecule has 8 nitrogen and oxygen atoms in total. The van der Waals surface area contributed by atoms with Gasteiger partial charge in [-0.25, -0.2) is 4.99 Å². The zero-order valence-electron chi connectivity index (χ0n) is 17.5. The summed E-state index contributed by atoms with van der Waals surface area (Å²) < 4.78 is 5.86. The summed E-state index contributed by atoms with van der Waals surface area (Å²) in [4.78, 5) is 32.5. The minimum Gasteiger partial charge on any atom is -0.494 e. The van der Waals surface area contributed by atoms with Gasteiger partial charge in [0.1, 0.15) is 11.8 Å². The molecule has 4 rings (SSSR count). The van der Waals surface area contributed by atoms with Crippen LogP contribution in [0.3, 0.4) is 0 Å². The summed E-state index contributed by atoms with van der Waals surface area (Å²) in [6.45, 7) is 0.709. The molecule has 2 fully saturated rings. The van der Waals surface area contributed by atoms with Crippen molar-refractivity contribution in [3.63, 3.8) is 0 Å². The molecule has 30 heavy (non-hydrogen) atoms. The number of ether oxygens (including phenoxy) is 1. The summed E-state index contributed by atoms with van der Waals surface area (Å²) in [5.41, 5.74) is 1.73. The number of guanidine groups is 1. The Bertz CT molecular complexity index is 834. The second-order valence-electron chi connectivity index (χ2n) is 8.29. The van der Waals surface area contributed by atoms with Crippen LogP contribution in [-0.2, 0) is 16.1 Å². The average molecular weight is 415 g/mol. The summed E-state index contributed by atoms with van der Waals surface area (Å²) in [6.07, 6.45) is 7.12. The number of aliphatic hydroxyl groups excluding tert-OH is 1. The van der Waals surface area contributed by atoms with Crippen LogP contribution in [-0.4, -0.2) is 65.0 Å². The summed E-state index contributed by atoms with van der Waals surface area (Å²) >= 11 is 0. The van der Waals surface area contributed by atoms with Crippen LogP contribution in [0.5, 0.6) is 5.75 Å². The van der Waals surface area contributed by atoms with Crippen LogP contribution < -0.4 is 10.1 Å². The lowest BCUT2D eigenvalue weighted by molar-refractivity contribution is -0.132. The van der Waals surface area contributed by atoms with Gasteiger partial charge in [0, 0.05) is 31.6 Å². The number of aliphatic hydroxyl groups is 1. The van der Waals surface area contributed by atoms with Crippen LogP contribution in [0.25, 0.3) is 0 Å². The predicted octanol–water partition coefficient (Wildman–Crippen LogP) is 1.93. The number of nitrogens with one attached hydrogen (secondary N) is 1. The molecule has 2 amide bonds. The molecule has 3 aliphatic rings. The molecule has 1 atom stereocenters. The van der Waals surface area contributed by atoms with Gasteiger partial charge in [0.15, 0.2) is 0 Å². The molecule has 0 aromatic heterocycles. The van der Waals surface area contributed by atoms with E-state index in [2.05, 4.69) is 10.3 Å². The molecule has 1 aliphatic carbocycles. The number of nitrogens with zero attached hydrogens (tertiary/aromatic N) is 3. The lowest BCUT2D eigenvalue weighted by Crippen LogP contribution is -2.39. The van der Waals surface area contributed by atoms with Crippen molar-refractivity contribution in [2.75, 3.05) is 20.3 Å². The largest absolute Gasteiger partial charge is 0.494 e. The second-order valence-corrected chi connectivity index (χ2v) is 8.29. The summed E-state index contributed by atoms with van der Waals surface area (Å²) in [5, 5.41) is 12.2. The molecule has 1 unspecified atom stereocenters. The summed E-state index contributed by atoms with van der Waals surface area (Å²) in [5.74, 6) is 1.17. The minimum absolute atomic E-state index is 0.194. The second kappa shape index (κ2) is 9.04. The highest BCUT2D eigenvalue weighted by molar-refractivity contribution is 6.07. The van der Waals surface area contributed by atoms with Gasteiger partial charge in [-0.05, 0) is 37.5 Å². The van der Waals surface area contributed by atoms with Crippen molar-refractivity contribution < 1.29 is 19.4 Å². The Balaban J connectivity index is 1.27. The number of hydrogen-bond acceptors (Lipinski definition) is 6. The van der Waals surface area contributed by atoms with Crippen molar-refractivity contribution >= 4 is 23.5 Å². The minimum atomic E-state index is -0.603. The van der Waals surface area contributed by atoms with Crippen LogP contribution in [0.1, 0.15) is 50.5 Å². The van der Waals surface area contributed by atoms with Crippen LogP contribution >= 0.6 is 0 Å². The van der Waals surface area contributed by atoms with E-state index in [1.54, 1.807) is 4.90 Å². The van der Waals surface area contributed by atoms with Gasteiger partial charge in [-0.15, -0.1) is 0 Å². The molecule has 0 spiro atoms. The van der Waals surface area contributed by atoms with Crippen LogP contribution in [0.15, 0.2) is 23.2 Å². The monoisotopic (exact) mass is 414 g/mol. The lowest BCUT2D eigenvalue weighted by atomic mass is 9.94. The van der Waals surface area contributed by atoms with E-state index < -0.39 is 6.04 Å². The van der Waals surface area contributed by atoms with E-state index in [9.17, 15) is 14.7 Å². The van der Waals surface area contributed by atoms with Crippen molar-refractivity contribution in [1.82, 2.24) is 15.1 Å². The normalized spacial score (nSPS) is 20.9. The van der Waals surface area contributed by atoms with Crippen molar-refractivity contribution in [2.45, 2.75) is 63.6 Å². The molecule has 162 valence electrons. The van der Waals surface area contributed by atoms with Crippen molar-refractivity contribution in [2.24, 2.45) is 4.99 Å². The highest BCUT2D eigenvalue weighted by Crippen LogP contribution is 2.32. The number of hydrogen-bond donors (Lipinski definition) is 2. The van der Waals surface area contributed by atoms with E-state index in [-0.39, 0.29) is 18.4 Å². The molecule has 2 heterocycles. The molecule has 1 aromatic carbocycles. The predicted molar refractivity (Wildman–Crippen MR) is 112 cm³/mol. The fourth-order valence-electron chi connectivity index (χ4n) is 4.46. The fraction of sp³-hybridized carbons (Fsp3) is 0.591. The first-order chi connectivity index (χ1) is 14.6. The maximum Gasteiger partial charge on any atom is 0.251 e. The third-order valence-electron chi connectivity index (χ3n) is 6.30. The van der Waals surface area contributed by atoms with E-state index in [1.807, 2.05) is 30.1 Å². The van der Waals surface area contributed by atoms with E-state index in [0.717, 1.165) is 29.8 Å². The maximum absolute atomic E-state index is 12.4. The Hall–Kier alpha value is -2.61. The van der Waals surface area contributed by atoms with Gasteiger partial charge in [-0.3, -0.25) is 14.9 Å². The van der Waals surface area contributed by atoms with Gasteiger partial charge < -0.3 is 19.6 Å². The number of amides is 2. The molecule has 2 N–H and O–H groups in total. The van der Waals surface area contributed by atoms with Crippen molar-refractivity contribution in [1.29, 1.82) is 0 Å². The SMILES string of the molecule is CN(C(=O)CCCOc1ccc2c(c1)CN1C(=N2)NC(=O)C1CO)C1CCCCC1. The lowest BCUT2D eigenvalue weighted by Gasteiger charge is -2.31. The van der Waals surface area contributed by atoms with Crippen molar-refractivity contribution in [3.05, 3.63) is 23.8 Å². The van der Waals surface area contributed by atoms with Crippen LogP contribution in [0, 0.1) is 0 Å². The van der Waals surface area contributed by atoms with Gasteiger partial charge >= 0.3 is 0 Å². The number of carbonyl (C=O) groups is 2. The number of rotatable bonds is 7. The first kappa shape index (κ1) is 20.7. The molecule has 1 aromatic rings. The van der Waals surface area contributed by atoms with Crippen molar-refractivity contribution in [3.8, 4) is 5.75 Å². The third kappa shape index (κ3) is 4.28. The van der Waals surface area contributed by atoms with E-state index >= 15 is 0 Å².